The van der Waals surface area contributed by atoms with E-state index in [0.29, 0.717) is 34.5 Å². The number of hydrogen-bond donors (Lipinski definition) is 0. The molecule has 1 aromatic heterocycles. The Morgan fingerprint density at radius 3 is 2.62 bits per heavy atom. The summed E-state index contributed by atoms with van der Waals surface area (Å²) in [4.78, 5) is 18.1. The van der Waals surface area contributed by atoms with Crippen LogP contribution in [0.2, 0.25) is 10.0 Å². The Labute approximate surface area is 205 Å². The summed E-state index contributed by atoms with van der Waals surface area (Å²) in [6.07, 6.45) is 3.31. The summed E-state index contributed by atoms with van der Waals surface area (Å²) in [5, 5.41) is 1.92. The molecular formula is C23H22Cl2N2O3S2. The fourth-order valence-electron chi connectivity index (χ4n) is 3.73. The number of carbonyl (C=O) groups excluding carboxylic acids is 1. The minimum absolute atomic E-state index is 0.290. The first-order valence-corrected chi connectivity index (χ1v) is 12.7. The lowest BCUT2D eigenvalue weighted by Gasteiger charge is -2.28. The van der Waals surface area contributed by atoms with Crippen LogP contribution >= 0.6 is 46.5 Å². The van der Waals surface area contributed by atoms with Crippen LogP contribution in [0.1, 0.15) is 36.3 Å². The second kappa shape index (κ2) is 10.00. The van der Waals surface area contributed by atoms with Crippen LogP contribution in [0.15, 0.2) is 41.3 Å². The highest BCUT2D eigenvalue weighted by atomic mass is 35.5. The van der Waals surface area contributed by atoms with E-state index in [1.54, 1.807) is 23.9 Å². The maximum Gasteiger partial charge on any atom is 0.350 e. The predicted molar refractivity (Wildman–Crippen MR) is 130 cm³/mol. The van der Waals surface area contributed by atoms with E-state index >= 15 is 0 Å². The SMILES string of the molecule is COC(=O)C1(Oc2ccc(SCc3nc(-c4ccc(Cl)c(Cl)c4)ns3)cc2C)CCCC1. The number of nitrogens with zero attached hydrogens (tertiary/aromatic N) is 2. The molecule has 1 heterocycles. The topological polar surface area (TPSA) is 61.3 Å². The highest BCUT2D eigenvalue weighted by Crippen LogP contribution is 2.38. The second-order valence-electron chi connectivity index (χ2n) is 7.65. The van der Waals surface area contributed by atoms with Crippen molar-refractivity contribution in [3.05, 3.63) is 57.0 Å². The minimum Gasteiger partial charge on any atom is -0.475 e. The van der Waals surface area contributed by atoms with Crippen LogP contribution in [-0.2, 0) is 15.3 Å². The largest absolute Gasteiger partial charge is 0.475 e. The number of thioether (sulfide) groups is 1. The molecule has 1 fully saturated rings. The molecule has 2 aromatic carbocycles. The number of ether oxygens (including phenoxy) is 2. The molecule has 168 valence electrons. The summed E-state index contributed by atoms with van der Waals surface area (Å²) in [5.41, 5.74) is 0.969. The van der Waals surface area contributed by atoms with Crippen LogP contribution in [0.25, 0.3) is 11.4 Å². The molecule has 3 aromatic rings. The number of benzene rings is 2. The normalized spacial score (nSPS) is 15.0. The number of methoxy groups -OCH3 is 1. The van der Waals surface area contributed by atoms with Crippen molar-refractivity contribution in [3.8, 4) is 17.1 Å². The van der Waals surface area contributed by atoms with Gasteiger partial charge in [-0.1, -0.05) is 23.2 Å². The van der Waals surface area contributed by atoms with E-state index in [4.69, 9.17) is 32.7 Å². The molecule has 9 heteroatoms. The lowest BCUT2D eigenvalue weighted by molar-refractivity contribution is -0.158. The Kier molecular flexibility index (Phi) is 7.30. The molecule has 0 N–H and O–H groups in total. The van der Waals surface area contributed by atoms with Gasteiger partial charge in [0.2, 0.25) is 5.60 Å². The Bertz CT molecular complexity index is 1130. The van der Waals surface area contributed by atoms with Gasteiger partial charge in [-0.2, -0.15) is 4.37 Å². The molecule has 4 rings (SSSR count). The standard InChI is InChI=1S/C23H22Cl2N2O3S2/c1-14-11-16(6-8-19(14)30-23(22(28)29-2)9-3-4-10-23)31-13-20-26-21(27-32-20)15-5-7-17(24)18(25)12-15/h5-8,11-12H,3-4,9-10,13H2,1-2H3. The van der Waals surface area contributed by atoms with E-state index < -0.39 is 5.60 Å². The third kappa shape index (κ3) is 5.06. The first kappa shape index (κ1) is 23.4. The van der Waals surface area contributed by atoms with Gasteiger partial charge in [-0.3, -0.25) is 0 Å². The number of carbonyl (C=O) groups is 1. The van der Waals surface area contributed by atoms with Gasteiger partial charge >= 0.3 is 5.97 Å². The van der Waals surface area contributed by atoms with Gasteiger partial charge in [0.25, 0.3) is 0 Å². The van der Waals surface area contributed by atoms with Crippen molar-refractivity contribution in [3.63, 3.8) is 0 Å². The molecule has 0 bridgehead atoms. The molecule has 0 spiro atoms. The molecular weight excluding hydrogens is 487 g/mol. The van der Waals surface area contributed by atoms with Crippen molar-refractivity contribution >= 4 is 52.5 Å². The molecule has 0 atom stereocenters. The summed E-state index contributed by atoms with van der Waals surface area (Å²) < 4.78 is 15.7. The first-order chi connectivity index (χ1) is 15.4. The average Bonchev–Trinajstić information content (AvgIpc) is 3.46. The number of hydrogen-bond acceptors (Lipinski definition) is 7. The third-order valence-electron chi connectivity index (χ3n) is 5.43. The summed E-state index contributed by atoms with van der Waals surface area (Å²) in [5.74, 6) is 1.78. The Morgan fingerprint density at radius 1 is 1.16 bits per heavy atom. The van der Waals surface area contributed by atoms with E-state index in [0.717, 1.165) is 39.6 Å². The number of aromatic nitrogens is 2. The van der Waals surface area contributed by atoms with Crippen molar-refractivity contribution < 1.29 is 14.3 Å². The van der Waals surface area contributed by atoms with Crippen molar-refractivity contribution in [1.29, 1.82) is 0 Å². The Hall–Kier alpha value is -1.80. The molecule has 1 aliphatic rings. The number of rotatable bonds is 7. The fraction of sp³-hybridized carbons (Fsp3) is 0.348. The quantitative estimate of drug-likeness (QED) is 0.253. The van der Waals surface area contributed by atoms with E-state index in [1.807, 2.05) is 25.1 Å². The zero-order valence-electron chi connectivity index (χ0n) is 17.7. The van der Waals surface area contributed by atoms with Crippen LogP contribution in [0.4, 0.5) is 0 Å². The monoisotopic (exact) mass is 508 g/mol. The zero-order chi connectivity index (χ0) is 22.7. The van der Waals surface area contributed by atoms with Gasteiger partial charge in [-0.15, -0.1) is 11.8 Å². The Balaban J connectivity index is 1.42. The maximum atomic E-state index is 12.3. The van der Waals surface area contributed by atoms with E-state index in [-0.39, 0.29) is 5.97 Å². The van der Waals surface area contributed by atoms with Gasteiger partial charge in [-0.05, 0) is 86.1 Å². The van der Waals surface area contributed by atoms with Crippen molar-refractivity contribution in [1.82, 2.24) is 9.36 Å². The van der Waals surface area contributed by atoms with Gasteiger partial charge < -0.3 is 9.47 Å². The lowest BCUT2D eigenvalue weighted by Crippen LogP contribution is -2.42. The first-order valence-electron chi connectivity index (χ1n) is 10.2. The van der Waals surface area contributed by atoms with Crippen LogP contribution in [0.5, 0.6) is 5.75 Å². The molecule has 0 radical (unpaired) electrons. The molecule has 1 aliphatic carbocycles. The molecule has 0 unspecified atom stereocenters. The summed E-state index contributed by atoms with van der Waals surface area (Å²) in [6, 6.07) is 11.4. The van der Waals surface area contributed by atoms with Crippen molar-refractivity contribution in [2.75, 3.05) is 7.11 Å². The van der Waals surface area contributed by atoms with Crippen LogP contribution in [0, 0.1) is 6.92 Å². The smallest absolute Gasteiger partial charge is 0.350 e. The van der Waals surface area contributed by atoms with E-state index in [1.165, 1.54) is 18.6 Å². The average molecular weight is 509 g/mol. The third-order valence-corrected chi connectivity index (χ3v) is 8.07. The lowest BCUT2D eigenvalue weighted by atomic mass is 10.0. The van der Waals surface area contributed by atoms with Gasteiger partial charge in [0, 0.05) is 10.5 Å². The Morgan fingerprint density at radius 2 is 1.94 bits per heavy atom. The van der Waals surface area contributed by atoms with Crippen LogP contribution < -0.4 is 4.74 Å². The number of esters is 1. The molecule has 0 aliphatic heterocycles. The molecule has 1 saturated carbocycles. The van der Waals surface area contributed by atoms with Gasteiger partial charge in [0.15, 0.2) is 5.82 Å². The van der Waals surface area contributed by atoms with Gasteiger partial charge in [-0.25, -0.2) is 9.78 Å². The molecule has 32 heavy (non-hydrogen) atoms. The van der Waals surface area contributed by atoms with Gasteiger partial charge in [0.05, 0.1) is 22.9 Å². The molecule has 0 saturated heterocycles. The van der Waals surface area contributed by atoms with Crippen molar-refractivity contribution in [2.45, 2.75) is 48.9 Å². The zero-order valence-corrected chi connectivity index (χ0v) is 20.8. The highest BCUT2D eigenvalue weighted by Gasteiger charge is 2.45. The van der Waals surface area contributed by atoms with E-state index in [2.05, 4.69) is 15.4 Å². The summed E-state index contributed by atoms with van der Waals surface area (Å²) >= 11 is 15.1. The highest BCUT2D eigenvalue weighted by molar-refractivity contribution is 7.98. The maximum absolute atomic E-state index is 12.3. The summed E-state index contributed by atoms with van der Waals surface area (Å²) in [6.45, 7) is 1.99. The van der Waals surface area contributed by atoms with E-state index in [9.17, 15) is 4.79 Å². The predicted octanol–water partition coefficient (Wildman–Crippen LogP) is 6.98. The van der Waals surface area contributed by atoms with Crippen molar-refractivity contribution in [2.24, 2.45) is 0 Å². The second-order valence-corrected chi connectivity index (χ2v) is 10.4. The summed E-state index contributed by atoms with van der Waals surface area (Å²) in [7, 11) is 1.42. The molecule has 0 amide bonds. The fourth-order valence-corrected chi connectivity index (χ4v) is 5.66. The van der Waals surface area contributed by atoms with Crippen LogP contribution in [0.3, 0.4) is 0 Å². The number of aryl methyl sites for hydroxylation is 1. The number of halogens is 2. The van der Waals surface area contributed by atoms with Gasteiger partial charge in [0.1, 0.15) is 10.8 Å². The minimum atomic E-state index is -0.859. The van der Waals surface area contributed by atoms with Crippen LogP contribution in [-0.4, -0.2) is 28.0 Å². The molecule has 5 nitrogen and oxygen atoms in total.